The zero-order chi connectivity index (χ0) is 16.4. The lowest BCUT2D eigenvalue weighted by atomic mass is 10.1. The second-order valence-corrected chi connectivity index (χ2v) is 4.65. The lowest BCUT2D eigenvalue weighted by Crippen LogP contribution is -2.45. The first-order chi connectivity index (χ1) is 9.84. The van der Waals surface area contributed by atoms with Crippen molar-refractivity contribution >= 4 is 11.8 Å². The number of unbranched alkanes of at least 4 members (excludes halogenated alkanes) is 1. The van der Waals surface area contributed by atoms with E-state index in [0.717, 1.165) is 0 Å². The highest BCUT2D eigenvalue weighted by Gasteiger charge is 2.30. The van der Waals surface area contributed by atoms with Crippen molar-refractivity contribution in [3.63, 3.8) is 0 Å². The van der Waals surface area contributed by atoms with Crippen molar-refractivity contribution < 1.29 is 34.8 Å². The van der Waals surface area contributed by atoms with E-state index in [0.29, 0.717) is 25.8 Å². The molecule has 0 fully saturated rings. The van der Waals surface area contributed by atoms with Gasteiger partial charge in [-0.1, -0.05) is 6.42 Å². The topological polar surface area (TPSA) is 176 Å². The quantitative estimate of drug-likeness (QED) is 0.168. The van der Waals surface area contributed by atoms with Crippen LogP contribution in [0.2, 0.25) is 0 Å². The van der Waals surface area contributed by atoms with Gasteiger partial charge in [-0.05, 0) is 19.4 Å². The molecular formula is C12H24N2O7. The minimum atomic E-state index is -1.96. The third kappa shape index (κ3) is 7.46. The van der Waals surface area contributed by atoms with Gasteiger partial charge >= 0.3 is 5.97 Å². The minimum Gasteiger partial charge on any atom is -0.456 e. The van der Waals surface area contributed by atoms with Gasteiger partial charge in [0.25, 0.3) is 0 Å². The molecule has 4 unspecified atom stereocenters. The number of ketones is 1. The average molecular weight is 308 g/mol. The molecule has 0 aliphatic rings. The molecule has 0 saturated heterocycles. The summed E-state index contributed by atoms with van der Waals surface area (Å²) in [7, 11) is 0. The fourth-order valence-electron chi connectivity index (χ4n) is 1.47. The Bertz CT molecular complexity index is 327. The van der Waals surface area contributed by atoms with Crippen LogP contribution in [0.1, 0.15) is 19.3 Å². The van der Waals surface area contributed by atoms with Gasteiger partial charge < -0.3 is 36.6 Å². The number of Topliss-reactive ketones (excluding diaryl/α,β-unsaturated/α-hetero) is 1. The molecule has 0 aromatic carbocycles. The van der Waals surface area contributed by atoms with Crippen LogP contribution < -0.4 is 11.5 Å². The van der Waals surface area contributed by atoms with Crippen molar-refractivity contribution in [2.75, 3.05) is 19.8 Å². The number of carbonyl (C=O) groups is 2. The molecule has 0 aliphatic carbocycles. The summed E-state index contributed by atoms with van der Waals surface area (Å²) in [5.41, 5.74) is 10.8. The molecule has 8 N–H and O–H groups in total. The number of aliphatic hydroxyl groups is 4. The number of rotatable bonds is 11. The predicted molar refractivity (Wildman–Crippen MR) is 72.0 cm³/mol. The summed E-state index contributed by atoms with van der Waals surface area (Å²) in [6, 6.07) is -0.894. The summed E-state index contributed by atoms with van der Waals surface area (Å²) in [6.07, 6.45) is -3.78. The maximum atomic E-state index is 11.5. The second-order valence-electron chi connectivity index (χ2n) is 4.65. The highest BCUT2D eigenvalue weighted by molar-refractivity contribution is 5.87. The van der Waals surface area contributed by atoms with Crippen molar-refractivity contribution in [1.29, 1.82) is 0 Å². The Hall–Kier alpha value is -1.10. The van der Waals surface area contributed by atoms with E-state index in [9.17, 15) is 19.8 Å². The number of esters is 1. The largest absolute Gasteiger partial charge is 0.456 e. The third-order valence-electron chi connectivity index (χ3n) is 2.86. The fraction of sp³-hybridized carbons (Fsp3) is 0.833. The van der Waals surface area contributed by atoms with Gasteiger partial charge in [-0.25, -0.2) is 0 Å². The number of ether oxygens (including phenoxy) is 1. The Morgan fingerprint density at radius 2 is 1.76 bits per heavy atom. The Morgan fingerprint density at radius 1 is 1.14 bits per heavy atom. The molecule has 0 radical (unpaired) electrons. The highest BCUT2D eigenvalue weighted by Crippen LogP contribution is 2.04. The van der Waals surface area contributed by atoms with E-state index >= 15 is 0 Å². The van der Waals surface area contributed by atoms with Crippen molar-refractivity contribution in [3.8, 4) is 0 Å². The van der Waals surface area contributed by atoms with Gasteiger partial charge in [0, 0.05) is 0 Å². The summed E-state index contributed by atoms with van der Waals surface area (Å²) in [4.78, 5) is 22.9. The molecule has 9 nitrogen and oxygen atoms in total. The fourth-order valence-corrected chi connectivity index (χ4v) is 1.47. The molecule has 0 aromatic heterocycles. The summed E-state index contributed by atoms with van der Waals surface area (Å²) >= 11 is 0. The van der Waals surface area contributed by atoms with Crippen molar-refractivity contribution in [2.24, 2.45) is 11.5 Å². The van der Waals surface area contributed by atoms with Crippen molar-refractivity contribution in [3.05, 3.63) is 0 Å². The zero-order valence-corrected chi connectivity index (χ0v) is 11.7. The summed E-state index contributed by atoms with van der Waals surface area (Å²) < 4.78 is 4.62. The number of carbonyl (C=O) groups excluding carboxylic acids is 2. The zero-order valence-electron chi connectivity index (χ0n) is 11.7. The van der Waals surface area contributed by atoms with E-state index in [1.807, 2.05) is 0 Å². The van der Waals surface area contributed by atoms with Gasteiger partial charge in [0.15, 0.2) is 6.61 Å². The SMILES string of the molecule is NCCCCC(N)C(=O)OCC(=O)C(O)C(O)C(O)CO. The van der Waals surface area contributed by atoms with E-state index in [-0.39, 0.29) is 0 Å². The average Bonchev–Trinajstić information content (AvgIpc) is 2.49. The first-order valence-electron chi connectivity index (χ1n) is 6.65. The summed E-state index contributed by atoms with van der Waals surface area (Å²) in [6.45, 7) is -1.12. The maximum Gasteiger partial charge on any atom is 0.323 e. The number of hydrogen-bond donors (Lipinski definition) is 6. The standard InChI is InChI=1S/C12H24N2O7/c13-4-2-1-3-7(14)12(20)21-6-9(17)11(19)10(18)8(16)5-15/h7-8,10-11,15-16,18-19H,1-6,13-14H2. The van der Waals surface area contributed by atoms with Crippen LogP contribution in [0.25, 0.3) is 0 Å². The van der Waals surface area contributed by atoms with Crippen LogP contribution in [0.5, 0.6) is 0 Å². The van der Waals surface area contributed by atoms with E-state index in [1.165, 1.54) is 0 Å². The molecule has 9 heteroatoms. The molecule has 21 heavy (non-hydrogen) atoms. The Kier molecular flexibility index (Phi) is 10.0. The molecule has 0 aromatic rings. The molecule has 4 atom stereocenters. The molecule has 0 heterocycles. The van der Waals surface area contributed by atoms with Crippen LogP contribution in [0.3, 0.4) is 0 Å². The van der Waals surface area contributed by atoms with Crippen LogP contribution in [-0.2, 0) is 14.3 Å². The van der Waals surface area contributed by atoms with Gasteiger partial charge in [0.2, 0.25) is 5.78 Å². The third-order valence-corrected chi connectivity index (χ3v) is 2.86. The normalized spacial score (nSPS) is 16.9. The first kappa shape index (κ1) is 19.9. The van der Waals surface area contributed by atoms with Crippen LogP contribution in [0.4, 0.5) is 0 Å². The van der Waals surface area contributed by atoms with Crippen LogP contribution in [0.15, 0.2) is 0 Å². The lowest BCUT2D eigenvalue weighted by molar-refractivity contribution is -0.156. The Labute approximate surface area is 122 Å². The molecule has 124 valence electrons. The lowest BCUT2D eigenvalue weighted by Gasteiger charge is -2.20. The van der Waals surface area contributed by atoms with Gasteiger partial charge in [-0.15, -0.1) is 0 Å². The van der Waals surface area contributed by atoms with E-state index < -0.39 is 49.3 Å². The monoisotopic (exact) mass is 308 g/mol. The second kappa shape index (κ2) is 10.6. The smallest absolute Gasteiger partial charge is 0.323 e. The van der Waals surface area contributed by atoms with E-state index in [1.54, 1.807) is 0 Å². The number of nitrogens with two attached hydrogens (primary N) is 2. The van der Waals surface area contributed by atoms with E-state index in [2.05, 4.69) is 4.74 Å². The molecule has 0 saturated carbocycles. The van der Waals surface area contributed by atoms with Crippen molar-refractivity contribution in [1.82, 2.24) is 0 Å². The van der Waals surface area contributed by atoms with E-state index in [4.69, 9.17) is 21.7 Å². The van der Waals surface area contributed by atoms with Crippen LogP contribution >= 0.6 is 0 Å². The molecule has 0 aliphatic heterocycles. The highest BCUT2D eigenvalue weighted by atomic mass is 16.5. The van der Waals surface area contributed by atoms with Gasteiger partial charge in [-0.2, -0.15) is 0 Å². The maximum absolute atomic E-state index is 11.5. The Balaban J connectivity index is 4.14. The molecule has 0 rings (SSSR count). The number of hydrogen-bond acceptors (Lipinski definition) is 9. The van der Waals surface area contributed by atoms with Gasteiger partial charge in [0.05, 0.1) is 6.61 Å². The summed E-state index contributed by atoms with van der Waals surface area (Å²) in [5, 5.41) is 36.4. The minimum absolute atomic E-state index is 0.360. The summed E-state index contributed by atoms with van der Waals surface area (Å²) in [5.74, 6) is -1.80. The van der Waals surface area contributed by atoms with Gasteiger partial charge in [-0.3, -0.25) is 9.59 Å². The number of aliphatic hydroxyl groups excluding tert-OH is 4. The molecule has 0 spiro atoms. The van der Waals surface area contributed by atoms with Gasteiger partial charge in [0.1, 0.15) is 24.4 Å². The van der Waals surface area contributed by atoms with Crippen LogP contribution in [0, 0.1) is 0 Å². The molecule has 0 amide bonds. The van der Waals surface area contributed by atoms with Crippen LogP contribution in [-0.4, -0.2) is 76.3 Å². The molecular weight excluding hydrogens is 284 g/mol. The Morgan fingerprint density at radius 3 is 2.29 bits per heavy atom. The molecule has 0 bridgehead atoms. The van der Waals surface area contributed by atoms with Crippen molar-refractivity contribution in [2.45, 2.75) is 43.6 Å². The first-order valence-corrected chi connectivity index (χ1v) is 6.65. The predicted octanol–water partition coefficient (Wildman–Crippen LogP) is -3.37.